The average molecular weight is 527 g/mol. The summed E-state index contributed by atoms with van der Waals surface area (Å²) in [7, 11) is 0. The van der Waals surface area contributed by atoms with Gasteiger partial charge in [0.2, 0.25) is 0 Å². The standard InChI is InChI=1S/C27H23F2NO4.C2H6FN/c1-14-11-20(16(3)30-22-10-5-4-9-19(22)27(32)33)25-21(12-14)23(31)15(2)24(34-25)17-7-6-8-18(13-17)26(28)29;1-2(3)4/h4-13,16,26,30H,1-3H3,(H,32,33);2H,4H2,1H3. The highest BCUT2D eigenvalue weighted by atomic mass is 19.3. The molecule has 2 atom stereocenters. The van der Waals surface area contributed by atoms with Crippen molar-refractivity contribution in [2.24, 2.45) is 5.73 Å². The fraction of sp³-hybridized carbons (Fsp3) is 0.241. The Morgan fingerprint density at radius 3 is 2.29 bits per heavy atom. The number of fused-ring (bicyclic) bond motifs is 1. The van der Waals surface area contributed by atoms with Gasteiger partial charge >= 0.3 is 5.97 Å². The molecule has 9 heteroatoms. The number of rotatable bonds is 6. The Labute approximate surface area is 217 Å². The van der Waals surface area contributed by atoms with Crippen LogP contribution in [0.2, 0.25) is 0 Å². The van der Waals surface area contributed by atoms with Gasteiger partial charge in [0.05, 0.1) is 17.0 Å². The van der Waals surface area contributed by atoms with E-state index >= 15 is 0 Å². The van der Waals surface area contributed by atoms with Crippen molar-refractivity contribution >= 4 is 22.6 Å². The Kier molecular flexibility index (Phi) is 8.96. The Hall–Kier alpha value is -4.11. The van der Waals surface area contributed by atoms with Gasteiger partial charge in [-0.15, -0.1) is 0 Å². The smallest absolute Gasteiger partial charge is 0.337 e. The van der Waals surface area contributed by atoms with E-state index in [0.29, 0.717) is 33.3 Å². The Morgan fingerprint density at radius 2 is 1.66 bits per heavy atom. The molecule has 0 radical (unpaired) electrons. The maximum atomic E-state index is 13.3. The predicted octanol–water partition coefficient (Wildman–Crippen LogP) is 7.15. The zero-order chi connectivity index (χ0) is 28.1. The lowest BCUT2D eigenvalue weighted by Gasteiger charge is -2.20. The number of carboxylic acids is 1. The zero-order valence-electron chi connectivity index (χ0n) is 21.4. The van der Waals surface area contributed by atoms with E-state index in [1.165, 1.54) is 31.2 Å². The normalized spacial score (nSPS) is 12.6. The van der Waals surface area contributed by atoms with Crippen LogP contribution < -0.4 is 16.5 Å². The monoisotopic (exact) mass is 526 g/mol. The molecule has 0 bridgehead atoms. The lowest BCUT2D eigenvalue weighted by Crippen LogP contribution is -2.14. The van der Waals surface area contributed by atoms with Crippen molar-refractivity contribution < 1.29 is 27.5 Å². The molecule has 0 aliphatic rings. The van der Waals surface area contributed by atoms with Crippen molar-refractivity contribution in [3.8, 4) is 11.3 Å². The first-order valence-corrected chi connectivity index (χ1v) is 11.9. The molecule has 2 unspecified atom stereocenters. The molecule has 6 nitrogen and oxygen atoms in total. The Bertz CT molecular complexity index is 1510. The fourth-order valence-electron chi connectivity index (χ4n) is 4.09. The lowest BCUT2D eigenvalue weighted by atomic mass is 9.98. The van der Waals surface area contributed by atoms with E-state index in [0.717, 1.165) is 5.56 Å². The number of aryl methyl sites for hydroxylation is 1. The maximum absolute atomic E-state index is 13.3. The number of carboxylic acid groups (broad SMARTS) is 1. The summed E-state index contributed by atoms with van der Waals surface area (Å²) in [6, 6.07) is 15.5. The molecule has 0 amide bonds. The van der Waals surface area contributed by atoms with Gasteiger partial charge in [0.1, 0.15) is 17.6 Å². The first kappa shape index (κ1) is 28.5. The molecule has 0 fully saturated rings. The minimum Gasteiger partial charge on any atom is -0.478 e. The van der Waals surface area contributed by atoms with Crippen LogP contribution in [0.1, 0.15) is 58.9 Å². The molecule has 0 aliphatic carbocycles. The third kappa shape index (κ3) is 6.41. The Balaban J connectivity index is 0.000000934. The molecule has 3 aromatic carbocycles. The number of nitrogens with two attached hydrogens (primary N) is 1. The van der Waals surface area contributed by atoms with Crippen molar-refractivity contribution in [2.75, 3.05) is 5.32 Å². The highest BCUT2D eigenvalue weighted by molar-refractivity contribution is 5.94. The molecule has 200 valence electrons. The van der Waals surface area contributed by atoms with Crippen molar-refractivity contribution in [1.29, 1.82) is 0 Å². The van der Waals surface area contributed by atoms with E-state index in [-0.39, 0.29) is 22.3 Å². The molecule has 38 heavy (non-hydrogen) atoms. The van der Waals surface area contributed by atoms with Crippen molar-refractivity contribution in [3.63, 3.8) is 0 Å². The molecule has 1 aromatic heterocycles. The largest absolute Gasteiger partial charge is 0.478 e. The van der Waals surface area contributed by atoms with Gasteiger partial charge in [0.15, 0.2) is 5.43 Å². The molecule has 0 saturated carbocycles. The van der Waals surface area contributed by atoms with E-state index in [9.17, 15) is 27.9 Å². The Morgan fingerprint density at radius 1 is 1.00 bits per heavy atom. The van der Waals surface area contributed by atoms with Crippen molar-refractivity contribution in [2.45, 2.75) is 46.5 Å². The molecule has 4 rings (SSSR count). The van der Waals surface area contributed by atoms with Crippen LogP contribution in [0.5, 0.6) is 0 Å². The summed E-state index contributed by atoms with van der Waals surface area (Å²) in [6.07, 6.45) is -3.82. The summed E-state index contributed by atoms with van der Waals surface area (Å²) in [5.41, 5.74) is 7.10. The van der Waals surface area contributed by atoms with Crippen LogP contribution in [0.15, 0.2) is 69.9 Å². The third-order valence-corrected chi connectivity index (χ3v) is 5.79. The minimum atomic E-state index is -2.65. The van der Waals surface area contributed by atoms with Gasteiger partial charge < -0.3 is 20.6 Å². The number of para-hydroxylation sites is 1. The topological polar surface area (TPSA) is 106 Å². The van der Waals surface area contributed by atoms with Gasteiger partial charge in [-0.05, 0) is 57.5 Å². The van der Waals surface area contributed by atoms with E-state index in [1.54, 1.807) is 37.3 Å². The summed E-state index contributed by atoms with van der Waals surface area (Å²) in [5.74, 6) is -0.837. The summed E-state index contributed by atoms with van der Waals surface area (Å²) >= 11 is 0. The number of aromatic carboxylic acids is 1. The second-order valence-corrected chi connectivity index (χ2v) is 8.94. The van der Waals surface area contributed by atoms with Gasteiger partial charge in [-0.2, -0.15) is 0 Å². The molecule has 1 heterocycles. The van der Waals surface area contributed by atoms with E-state index < -0.39 is 24.7 Å². The molecule has 4 N–H and O–H groups in total. The number of hydrogen-bond acceptors (Lipinski definition) is 5. The van der Waals surface area contributed by atoms with Gasteiger partial charge in [-0.1, -0.05) is 36.4 Å². The quantitative estimate of drug-likeness (QED) is 0.231. The number of benzene rings is 3. The van der Waals surface area contributed by atoms with Crippen LogP contribution in [0.25, 0.3) is 22.3 Å². The number of hydrogen-bond donors (Lipinski definition) is 3. The number of alkyl halides is 3. The fourth-order valence-corrected chi connectivity index (χ4v) is 4.09. The summed E-state index contributed by atoms with van der Waals surface area (Å²) in [4.78, 5) is 24.9. The number of anilines is 1. The average Bonchev–Trinajstić information content (AvgIpc) is 2.86. The summed E-state index contributed by atoms with van der Waals surface area (Å²) < 4.78 is 43.5. The maximum Gasteiger partial charge on any atom is 0.337 e. The van der Waals surface area contributed by atoms with Gasteiger partial charge in [0, 0.05) is 27.9 Å². The van der Waals surface area contributed by atoms with Crippen molar-refractivity contribution in [1.82, 2.24) is 0 Å². The molecular weight excluding hydrogens is 497 g/mol. The van der Waals surface area contributed by atoms with E-state index in [2.05, 4.69) is 11.1 Å². The van der Waals surface area contributed by atoms with Crippen LogP contribution in [0.4, 0.5) is 18.9 Å². The first-order valence-electron chi connectivity index (χ1n) is 11.9. The highest BCUT2D eigenvalue weighted by Gasteiger charge is 2.21. The van der Waals surface area contributed by atoms with Crippen LogP contribution in [0, 0.1) is 13.8 Å². The molecule has 4 aromatic rings. The second-order valence-electron chi connectivity index (χ2n) is 8.94. The SMILES string of the molecule is CC(N)F.Cc1cc(C(C)Nc2ccccc2C(=O)O)c2oc(-c3cccc(C(F)F)c3)c(C)c(=O)c2c1. The van der Waals surface area contributed by atoms with Gasteiger partial charge in [-0.25, -0.2) is 18.0 Å². The lowest BCUT2D eigenvalue weighted by molar-refractivity contribution is 0.0698. The molecule has 0 aliphatic heterocycles. The van der Waals surface area contributed by atoms with Crippen LogP contribution >= 0.6 is 0 Å². The predicted molar refractivity (Wildman–Crippen MR) is 143 cm³/mol. The zero-order valence-corrected chi connectivity index (χ0v) is 21.4. The molecule has 0 saturated heterocycles. The molecule has 0 spiro atoms. The van der Waals surface area contributed by atoms with Crippen LogP contribution in [0.3, 0.4) is 0 Å². The number of halogens is 3. The summed E-state index contributed by atoms with van der Waals surface area (Å²) in [6.45, 7) is 6.59. The van der Waals surface area contributed by atoms with Crippen LogP contribution in [-0.4, -0.2) is 17.4 Å². The third-order valence-electron chi connectivity index (χ3n) is 5.79. The highest BCUT2D eigenvalue weighted by Crippen LogP contribution is 2.33. The second kappa shape index (κ2) is 12.0. The minimum absolute atomic E-state index is 0.119. The number of carbonyl (C=O) groups is 1. The van der Waals surface area contributed by atoms with E-state index in [1.807, 2.05) is 19.9 Å². The number of nitrogens with one attached hydrogen (secondary N) is 1. The van der Waals surface area contributed by atoms with Gasteiger partial charge in [-0.3, -0.25) is 4.79 Å². The van der Waals surface area contributed by atoms with E-state index in [4.69, 9.17) is 4.42 Å². The molecular formula is C29H29F3N2O4. The summed E-state index contributed by atoms with van der Waals surface area (Å²) in [5, 5.41) is 13.1. The first-order chi connectivity index (χ1) is 17.9. The van der Waals surface area contributed by atoms with Crippen molar-refractivity contribution in [3.05, 3.63) is 98.7 Å². The van der Waals surface area contributed by atoms with Crippen LogP contribution in [-0.2, 0) is 0 Å². The van der Waals surface area contributed by atoms with Gasteiger partial charge in [0.25, 0.3) is 6.43 Å².